The van der Waals surface area contributed by atoms with Crippen LogP contribution in [0.4, 0.5) is 5.69 Å². The SMILES string of the molecule is NNc1cc(Br)ccc1Cc1ccc(Cl)cc1. The monoisotopic (exact) mass is 310 g/mol. The zero-order chi connectivity index (χ0) is 12.3. The first-order valence-corrected chi connectivity index (χ1v) is 6.35. The lowest BCUT2D eigenvalue weighted by atomic mass is 10.0. The Balaban J connectivity index is 2.26. The van der Waals surface area contributed by atoms with Crippen LogP contribution in [0.15, 0.2) is 46.9 Å². The number of hydrogen-bond acceptors (Lipinski definition) is 2. The van der Waals surface area contributed by atoms with Gasteiger partial charge >= 0.3 is 0 Å². The molecule has 2 aromatic carbocycles. The molecule has 0 atom stereocenters. The van der Waals surface area contributed by atoms with Crippen LogP contribution in [-0.4, -0.2) is 0 Å². The summed E-state index contributed by atoms with van der Waals surface area (Å²) in [5.74, 6) is 5.51. The van der Waals surface area contributed by atoms with Crippen molar-refractivity contribution in [2.24, 2.45) is 5.84 Å². The minimum atomic E-state index is 0.752. The van der Waals surface area contributed by atoms with E-state index in [4.69, 9.17) is 17.4 Å². The van der Waals surface area contributed by atoms with Gasteiger partial charge in [0, 0.05) is 9.50 Å². The third-order valence-electron chi connectivity index (χ3n) is 2.54. The van der Waals surface area contributed by atoms with Crippen molar-refractivity contribution in [1.29, 1.82) is 0 Å². The quantitative estimate of drug-likeness (QED) is 0.664. The molecule has 88 valence electrons. The van der Waals surface area contributed by atoms with Crippen LogP contribution < -0.4 is 11.3 Å². The van der Waals surface area contributed by atoms with Gasteiger partial charge in [0.2, 0.25) is 0 Å². The molecule has 0 spiro atoms. The molecule has 0 heterocycles. The summed E-state index contributed by atoms with van der Waals surface area (Å²) in [6, 6.07) is 13.8. The van der Waals surface area contributed by atoms with Crippen molar-refractivity contribution >= 4 is 33.2 Å². The topological polar surface area (TPSA) is 38.0 Å². The van der Waals surface area contributed by atoms with E-state index in [9.17, 15) is 0 Å². The lowest BCUT2D eigenvalue weighted by molar-refractivity contribution is 1.17. The highest BCUT2D eigenvalue weighted by Gasteiger charge is 2.03. The molecule has 0 bridgehead atoms. The molecular weight excluding hydrogens is 300 g/mol. The second kappa shape index (κ2) is 5.54. The van der Waals surface area contributed by atoms with Crippen LogP contribution in [0.3, 0.4) is 0 Å². The van der Waals surface area contributed by atoms with Gasteiger partial charge in [-0.2, -0.15) is 0 Å². The van der Waals surface area contributed by atoms with Crippen molar-refractivity contribution in [3.63, 3.8) is 0 Å². The molecule has 0 unspecified atom stereocenters. The van der Waals surface area contributed by atoms with Crippen molar-refractivity contribution < 1.29 is 0 Å². The molecule has 17 heavy (non-hydrogen) atoms. The van der Waals surface area contributed by atoms with Gasteiger partial charge in [-0.3, -0.25) is 5.84 Å². The number of nitrogens with one attached hydrogen (secondary N) is 1. The van der Waals surface area contributed by atoms with Gasteiger partial charge in [-0.15, -0.1) is 0 Å². The Morgan fingerprint density at radius 1 is 1.12 bits per heavy atom. The third-order valence-corrected chi connectivity index (χ3v) is 3.28. The number of rotatable bonds is 3. The van der Waals surface area contributed by atoms with Gasteiger partial charge in [0.05, 0.1) is 5.69 Å². The molecule has 0 amide bonds. The lowest BCUT2D eigenvalue weighted by Gasteiger charge is -2.09. The van der Waals surface area contributed by atoms with Crippen LogP contribution in [0.25, 0.3) is 0 Å². The lowest BCUT2D eigenvalue weighted by Crippen LogP contribution is -2.09. The van der Waals surface area contributed by atoms with Crippen molar-refractivity contribution in [3.05, 3.63) is 63.1 Å². The van der Waals surface area contributed by atoms with Crippen LogP contribution in [-0.2, 0) is 6.42 Å². The summed E-state index contributed by atoms with van der Waals surface area (Å²) in [7, 11) is 0. The second-order valence-electron chi connectivity index (χ2n) is 3.75. The van der Waals surface area contributed by atoms with Gasteiger partial charge in [-0.05, 0) is 41.8 Å². The third kappa shape index (κ3) is 3.22. The molecule has 0 saturated carbocycles. The van der Waals surface area contributed by atoms with Crippen LogP contribution in [0.1, 0.15) is 11.1 Å². The van der Waals surface area contributed by atoms with E-state index >= 15 is 0 Å². The van der Waals surface area contributed by atoms with Gasteiger partial charge in [0.15, 0.2) is 0 Å². The maximum absolute atomic E-state index is 5.86. The van der Waals surface area contributed by atoms with E-state index < -0.39 is 0 Å². The van der Waals surface area contributed by atoms with Crippen molar-refractivity contribution in [1.82, 2.24) is 0 Å². The minimum absolute atomic E-state index is 0.752. The summed E-state index contributed by atoms with van der Waals surface area (Å²) in [6.45, 7) is 0. The molecule has 2 aromatic rings. The van der Waals surface area contributed by atoms with Gasteiger partial charge < -0.3 is 5.43 Å². The Morgan fingerprint density at radius 2 is 1.82 bits per heavy atom. The summed E-state index contributed by atoms with van der Waals surface area (Å²) >= 11 is 9.27. The van der Waals surface area contributed by atoms with E-state index in [0.717, 1.165) is 27.2 Å². The van der Waals surface area contributed by atoms with Gasteiger partial charge in [-0.1, -0.05) is 45.7 Å². The number of hydrogen-bond donors (Lipinski definition) is 2. The Labute approximate surface area is 114 Å². The average molecular weight is 312 g/mol. The Kier molecular flexibility index (Phi) is 4.05. The molecule has 0 saturated heterocycles. The molecule has 0 aromatic heterocycles. The first-order chi connectivity index (χ1) is 8.19. The number of nitrogen functional groups attached to an aromatic ring is 1. The fourth-order valence-corrected chi connectivity index (χ4v) is 2.15. The van der Waals surface area contributed by atoms with E-state index in [1.165, 1.54) is 5.56 Å². The molecule has 4 heteroatoms. The van der Waals surface area contributed by atoms with Crippen LogP contribution in [0.2, 0.25) is 5.02 Å². The predicted octanol–water partition coefficient (Wildman–Crippen LogP) is 3.98. The Bertz CT molecular complexity index is 511. The molecule has 2 nitrogen and oxygen atoms in total. The fraction of sp³-hybridized carbons (Fsp3) is 0.0769. The molecule has 0 aliphatic carbocycles. The van der Waals surface area contributed by atoms with Gasteiger partial charge in [-0.25, -0.2) is 0 Å². The van der Waals surface area contributed by atoms with Crippen molar-refractivity contribution in [3.8, 4) is 0 Å². The Morgan fingerprint density at radius 3 is 2.47 bits per heavy atom. The zero-order valence-electron chi connectivity index (χ0n) is 9.08. The van der Waals surface area contributed by atoms with Gasteiger partial charge in [0.25, 0.3) is 0 Å². The van der Waals surface area contributed by atoms with E-state index in [-0.39, 0.29) is 0 Å². The number of hydrazine groups is 1. The summed E-state index contributed by atoms with van der Waals surface area (Å²) < 4.78 is 1.00. The highest BCUT2D eigenvalue weighted by Crippen LogP contribution is 2.23. The number of benzene rings is 2. The molecule has 0 fully saturated rings. The highest BCUT2D eigenvalue weighted by molar-refractivity contribution is 9.10. The van der Waals surface area contributed by atoms with Crippen LogP contribution in [0.5, 0.6) is 0 Å². The summed E-state index contributed by atoms with van der Waals surface area (Å²) in [5.41, 5.74) is 5.99. The maximum atomic E-state index is 5.86. The van der Waals surface area contributed by atoms with E-state index in [0.29, 0.717) is 0 Å². The molecule has 0 aliphatic heterocycles. The van der Waals surface area contributed by atoms with Crippen molar-refractivity contribution in [2.45, 2.75) is 6.42 Å². The summed E-state index contributed by atoms with van der Waals surface area (Å²) in [5, 5.41) is 0.752. The first kappa shape index (κ1) is 12.4. The fourth-order valence-electron chi connectivity index (χ4n) is 1.66. The largest absolute Gasteiger partial charge is 0.324 e. The van der Waals surface area contributed by atoms with Crippen molar-refractivity contribution in [2.75, 3.05) is 5.43 Å². The standard InChI is InChI=1S/C13H12BrClN2/c14-11-4-3-10(13(8-11)17-16)7-9-1-5-12(15)6-2-9/h1-6,8,17H,7,16H2. The molecule has 3 N–H and O–H groups in total. The average Bonchev–Trinajstić information content (AvgIpc) is 2.34. The van der Waals surface area contributed by atoms with E-state index in [2.05, 4.69) is 21.4 Å². The number of halogens is 2. The number of anilines is 1. The summed E-state index contributed by atoms with van der Waals surface area (Å²) in [6.07, 6.45) is 0.823. The normalized spacial score (nSPS) is 10.3. The second-order valence-corrected chi connectivity index (χ2v) is 5.10. The summed E-state index contributed by atoms with van der Waals surface area (Å²) in [4.78, 5) is 0. The maximum Gasteiger partial charge on any atom is 0.0531 e. The molecule has 0 aliphatic rings. The number of nitrogens with two attached hydrogens (primary N) is 1. The smallest absolute Gasteiger partial charge is 0.0531 e. The molecular formula is C13H12BrClN2. The van der Waals surface area contributed by atoms with Crippen LogP contribution >= 0.6 is 27.5 Å². The van der Waals surface area contributed by atoms with Crippen LogP contribution in [0, 0.1) is 0 Å². The predicted molar refractivity (Wildman–Crippen MR) is 76.2 cm³/mol. The Hall–Kier alpha value is -1.03. The molecule has 2 rings (SSSR count). The zero-order valence-corrected chi connectivity index (χ0v) is 11.4. The molecule has 0 radical (unpaired) electrons. The highest BCUT2D eigenvalue weighted by atomic mass is 79.9. The van der Waals surface area contributed by atoms with E-state index in [1.807, 2.05) is 42.5 Å². The minimum Gasteiger partial charge on any atom is -0.324 e. The van der Waals surface area contributed by atoms with E-state index in [1.54, 1.807) is 0 Å². The first-order valence-electron chi connectivity index (χ1n) is 5.18. The van der Waals surface area contributed by atoms with Gasteiger partial charge in [0.1, 0.15) is 0 Å².